The first-order valence-electron chi connectivity index (χ1n) is 8.37. The highest BCUT2D eigenvalue weighted by molar-refractivity contribution is 5.81. The normalized spacial score (nSPS) is 14.4. The van der Waals surface area contributed by atoms with Crippen LogP contribution in [0.4, 0.5) is 0 Å². The fourth-order valence-electron chi connectivity index (χ4n) is 4.09. The number of aryl methyl sites for hydroxylation is 4. The first-order valence-corrected chi connectivity index (χ1v) is 8.37. The lowest BCUT2D eigenvalue weighted by atomic mass is 9.91. The zero-order chi connectivity index (χ0) is 16.3. The van der Waals surface area contributed by atoms with Crippen LogP contribution in [-0.2, 0) is 25.9 Å². The largest absolute Gasteiger partial charge is 0.508 e. The quantitative estimate of drug-likeness (QED) is 0.700. The summed E-state index contributed by atoms with van der Waals surface area (Å²) in [6.45, 7) is 1.94. The molecule has 0 spiro atoms. The van der Waals surface area contributed by atoms with Crippen LogP contribution in [0.15, 0.2) is 42.7 Å². The third kappa shape index (κ3) is 1.83. The second kappa shape index (κ2) is 4.87. The number of phenols is 1. The van der Waals surface area contributed by atoms with Gasteiger partial charge < -0.3 is 9.84 Å². The predicted molar refractivity (Wildman–Crippen MR) is 91.1 cm³/mol. The highest BCUT2D eigenvalue weighted by Gasteiger charge is 2.33. The van der Waals surface area contributed by atoms with Crippen LogP contribution in [0.2, 0.25) is 0 Å². The minimum atomic E-state index is 0.348. The van der Waals surface area contributed by atoms with E-state index in [1.807, 2.05) is 18.2 Å². The zero-order valence-electron chi connectivity index (χ0n) is 13.6. The molecule has 1 N–H and O–H groups in total. The number of aromatic hydroxyl groups is 1. The number of benzene rings is 2. The van der Waals surface area contributed by atoms with Gasteiger partial charge in [0.25, 0.3) is 0 Å². The molecule has 4 heteroatoms. The van der Waals surface area contributed by atoms with Gasteiger partial charge in [0.1, 0.15) is 11.5 Å². The minimum absolute atomic E-state index is 0.348. The molecule has 24 heavy (non-hydrogen) atoms. The average molecular weight is 319 g/mol. The lowest BCUT2D eigenvalue weighted by Crippen LogP contribution is -2.38. The Bertz CT molecular complexity index is 972. The summed E-state index contributed by atoms with van der Waals surface area (Å²) in [4.78, 5) is 0. The van der Waals surface area contributed by atoms with Crippen LogP contribution < -0.4 is 9.30 Å². The Kier molecular flexibility index (Phi) is 2.77. The van der Waals surface area contributed by atoms with E-state index >= 15 is 0 Å². The van der Waals surface area contributed by atoms with Crippen LogP contribution in [0, 0.1) is 0 Å². The molecule has 120 valence electrons. The highest BCUT2D eigenvalue weighted by atomic mass is 16.5. The van der Waals surface area contributed by atoms with E-state index in [0.29, 0.717) is 5.75 Å². The van der Waals surface area contributed by atoms with Gasteiger partial charge in [0.05, 0.1) is 20.2 Å². The van der Waals surface area contributed by atoms with Crippen molar-refractivity contribution in [1.29, 1.82) is 0 Å². The number of fused-ring (bicyclic) bond motifs is 7. The summed E-state index contributed by atoms with van der Waals surface area (Å²) in [6.07, 6.45) is 4.23. The second-order valence-electron chi connectivity index (χ2n) is 6.56. The molecule has 5 rings (SSSR count). The molecule has 2 aliphatic heterocycles. The van der Waals surface area contributed by atoms with Crippen molar-refractivity contribution in [3.05, 3.63) is 53.9 Å². The van der Waals surface area contributed by atoms with Crippen molar-refractivity contribution in [2.24, 2.45) is 0 Å². The Morgan fingerprint density at radius 1 is 1.04 bits per heavy atom. The minimum Gasteiger partial charge on any atom is -0.508 e. The molecule has 0 saturated heterocycles. The van der Waals surface area contributed by atoms with Gasteiger partial charge in [0.2, 0.25) is 6.33 Å². The van der Waals surface area contributed by atoms with Gasteiger partial charge in [-0.25, -0.2) is 9.13 Å². The lowest BCUT2D eigenvalue weighted by molar-refractivity contribution is -0.687. The van der Waals surface area contributed by atoms with Crippen molar-refractivity contribution < 1.29 is 14.4 Å². The lowest BCUT2D eigenvalue weighted by Gasteiger charge is -2.18. The maximum atomic E-state index is 9.81. The molecule has 0 aliphatic carbocycles. The third-order valence-corrected chi connectivity index (χ3v) is 5.23. The molecule has 0 amide bonds. The Balaban J connectivity index is 1.77. The summed E-state index contributed by atoms with van der Waals surface area (Å²) < 4.78 is 10.1. The maximum absolute atomic E-state index is 9.81. The highest BCUT2D eigenvalue weighted by Crippen LogP contribution is 2.40. The van der Waals surface area contributed by atoms with Gasteiger partial charge in [-0.15, -0.1) is 0 Å². The number of methoxy groups -OCH3 is 1. The number of aromatic nitrogens is 2. The predicted octanol–water partition coefficient (Wildman–Crippen LogP) is 2.94. The SMILES string of the molecule is COc1ccc2c(c1)CC[n+]1cn3c(c1-2)-c1ccc(O)cc1CC3. The number of phenolic OH excluding ortho intramolecular Hbond substituents is 1. The Morgan fingerprint density at radius 2 is 1.88 bits per heavy atom. The molecule has 0 unspecified atom stereocenters. The summed E-state index contributed by atoms with van der Waals surface area (Å²) in [7, 11) is 1.72. The first kappa shape index (κ1) is 13.7. The molecule has 1 aromatic heterocycles. The number of imidazole rings is 1. The van der Waals surface area contributed by atoms with Crippen LogP contribution in [0.1, 0.15) is 11.1 Å². The topological polar surface area (TPSA) is 38.3 Å². The molecular formula is C20H19N2O2+. The Morgan fingerprint density at radius 3 is 2.75 bits per heavy atom. The van der Waals surface area contributed by atoms with Gasteiger partial charge in [0, 0.05) is 24.0 Å². The first-order chi connectivity index (χ1) is 11.7. The van der Waals surface area contributed by atoms with Gasteiger partial charge in [0.15, 0.2) is 11.4 Å². The molecule has 0 radical (unpaired) electrons. The van der Waals surface area contributed by atoms with Crippen LogP contribution in [-0.4, -0.2) is 16.8 Å². The van der Waals surface area contributed by atoms with E-state index in [1.54, 1.807) is 13.2 Å². The second-order valence-corrected chi connectivity index (χ2v) is 6.56. The van der Waals surface area contributed by atoms with Crippen molar-refractivity contribution in [2.45, 2.75) is 25.9 Å². The molecule has 3 heterocycles. The monoisotopic (exact) mass is 319 g/mol. The van der Waals surface area contributed by atoms with E-state index in [1.165, 1.54) is 33.6 Å². The fraction of sp³-hybridized carbons (Fsp3) is 0.250. The van der Waals surface area contributed by atoms with E-state index < -0.39 is 0 Å². The molecule has 0 fully saturated rings. The summed E-state index contributed by atoms with van der Waals surface area (Å²) >= 11 is 0. The van der Waals surface area contributed by atoms with Crippen molar-refractivity contribution in [2.75, 3.05) is 7.11 Å². The number of nitrogens with zero attached hydrogens (tertiary/aromatic N) is 2. The molecular weight excluding hydrogens is 300 g/mol. The van der Waals surface area contributed by atoms with Crippen molar-refractivity contribution in [1.82, 2.24) is 4.57 Å². The van der Waals surface area contributed by atoms with Crippen LogP contribution in [0.3, 0.4) is 0 Å². The van der Waals surface area contributed by atoms with Crippen LogP contribution in [0.25, 0.3) is 22.5 Å². The number of hydrogen-bond donors (Lipinski definition) is 1. The van der Waals surface area contributed by atoms with Gasteiger partial charge in [-0.2, -0.15) is 0 Å². The Hall–Kier alpha value is -2.75. The standard InChI is InChI=1S/C20H18N2O2/c1-24-16-3-5-18-14(11-16)7-9-22-12-21-8-6-13-10-15(23)2-4-17(13)19(21)20(18)22/h2-5,10-12H,6-9H2,1H3/p+1. The summed E-state index contributed by atoms with van der Waals surface area (Å²) in [5.41, 5.74) is 7.64. The molecule has 2 aliphatic rings. The third-order valence-electron chi connectivity index (χ3n) is 5.23. The van der Waals surface area contributed by atoms with E-state index in [-0.39, 0.29) is 0 Å². The Labute approximate surface area is 140 Å². The van der Waals surface area contributed by atoms with Gasteiger partial charge in [-0.05, 0) is 47.5 Å². The molecule has 0 bridgehead atoms. The van der Waals surface area contributed by atoms with Crippen LogP contribution >= 0.6 is 0 Å². The molecule has 0 saturated carbocycles. The smallest absolute Gasteiger partial charge is 0.244 e. The van der Waals surface area contributed by atoms with E-state index in [0.717, 1.165) is 31.7 Å². The summed E-state index contributed by atoms with van der Waals surface area (Å²) in [5, 5.41) is 9.81. The zero-order valence-corrected chi connectivity index (χ0v) is 13.6. The van der Waals surface area contributed by atoms with Gasteiger partial charge in [-0.1, -0.05) is 0 Å². The molecule has 0 atom stereocenters. The average Bonchev–Trinajstić information content (AvgIpc) is 3.00. The molecule has 2 aromatic carbocycles. The fourth-order valence-corrected chi connectivity index (χ4v) is 4.09. The van der Waals surface area contributed by atoms with E-state index in [9.17, 15) is 5.11 Å². The van der Waals surface area contributed by atoms with E-state index in [4.69, 9.17) is 4.74 Å². The van der Waals surface area contributed by atoms with E-state index in [2.05, 4.69) is 27.6 Å². The molecule has 4 nitrogen and oxygen atoms in total. The maximum Gasteiger partial charge on any atom is 0.244 e. The summed E-state index contributed by atoms with van der Waals surface area (Å²) in [5.74, 6) is 1.26. The van der Waals surface area contributed by atoms with Gasteiger partial charge in [-0.3, -0.25) is 0 Å². The van der Waals surface area contributed by atoms with Crippen molar-refractivity contribution in [3.8, 4) is 34.0 Å². The van der Waals surface area contributed by atoms with Gasteiger partial charge >= 0.3 is 0 Å². The van der Waals surface area contributed by atoms with Crippen molar-refractivity contribution in [3.63, 3.8) is 0 Å². The van der Waals surface area contributed by atoms with Crippen LogP contribution in [0.5, 0.6) is 11.5 Å². The number of rotatable bonds is 1. The number of ether oxygens (including phenoxy) is 1. The molecule has 3 aromatic rings. The number of hydrogen-bond acceptors (Lipinski definition) is 2. The summed E-state index contributed by atoms with van der Waals surface area (Å²) in [6, 6.07) is 12.1. The van der Waals surface area contributed by atoms with Crippen molar-refractivity contribution >= 4 is 0 Å².